The molecule has 1 aliphatic rings. The molecule has 0 aliphatic carbocycles. The van der Waals surface area contributed by atoms with E-state index >= 15 is 0 Å². The Morgan fingerprint density at radius 2 is 1.92 bits per heavy atom. The molecule has 13 heavy (non-hydrogen) atoms. The first kappa shape index (κ1) is 10.2. The fraction of sp³-hybridized carbons (Fsp3) is 1.00. The third kappa shape index (κ3) is 1.90. The van der Waals surface area contributed by atoms with Crippen LogP contribution in [0.15, 0.2) is 5.11 Å². The third-order valence-corrected chi connectivity index (χ3v) is 2.01. The molecule has 0 aromatic rings. The SMILES string of the molecule is C[C@@H]1OC(O)[C@@H](N=[N+]=[N-])[C@H](O)[C@@H]1O. The molecule has 1 heterocycles. The smallest absolute Gasteiger partial charge is 0.166 e. The van der Waals surface area contributed by atoms with Crippen LogP contribution in [0, 0.1) is 0 Å². The number of azide groups is 1. The summed E-state index contributed by atoms with van der Waals surface area (Å²) in [6, 6.07) is -1.16. The Morgan fingerprint density at radius 1 is 1.31 bits per heavy atom. The maximum atomic E-state index is 9.35. The van der Waals surface area contributed by atoms with Crippen LogP contribution >= 0.6 is 0 Å². The first-order valence-electron chi connectivity index (χ1n) is 3.81. The second-order valence-corrected chi connectivity index (χ2v) is 2.91. The third-order valence-electron chi connectivity index (χ3n) is 2.01. The van der Waals surface area contributed by atoms with E-state index in [-0.39, 0.29) is 0 Å². The Hall–Kier alpha value is -0.850. The summed E-state index contributed by atoms with van der Waals surface area (Å²) in [7, 11) is 0. The zero-order valence-corrected chi connectivity index (χ0v) is 6.98. The van der Waals surface area contributed by atoms with Crippen LogP contribution in [0.3, 0.4) is 0 Å². The molecule has 1 saturated heterocycles. The Bertz CT molecular complexity index is 230. The highest BCUT2D eigenvalue weighted by atomic mass is 16.6. The van der Waals surface area contributed by atoms with Gasteiger partial charge in [-0.05, 0) is 12.5 Å². The van der Waals surface area contributed by atoms with Crippen LogP contribution in [0.5, 0.6) is 0 Å². The van der Waals surface area contributed by atoms with Gasteiger partial charge in [0.2, 0.25) is 0 Å². The Labute approximate surface area is 74.2 Å². The number of hydrogen-bond acceptors (Lipinski definition) is 5. The average Bonchev–Trinajstić information content (AvgIpc) is 2.09. The predicted molar refractivity (Wildman–Crippen MR) is 41.5 cm³/mol. The molecule has 74 valence electrons. The standard InChI is InChI=1S/C6H11N3O4/c1-2-4(10)5(11)3(8-9-7)6(12)13-2/h2-6,10-12H,1H3/t2-,3-,4+,5-,6?/m0/s1. The van der Waals surface area contributed by atoms with Crippen molar-refractivity contribution in [1.82, 2.24) is 0 Å². The van der Waals surface area contributed by atoms with E-state index in [2.05, 4.69) is 10.0 Å². The van der Waals surface area contributed by atoms with Gasteiger partial charge in [-0.25, -0.2) is 0 Å². The normalized spacial score (nSPS) is 45.4. The Kier molecular flexibility index (Phi) is 3.07. The molecule has 7 nitrogen and oxygen atoms in total. The molecular formula is C6H11N3O4. The lowest BCUT2D eigenvalue weighted by atomic mass is 9.98. The summed E-state index contributed by atoms with van der Waals surface area (Å²) in [5, 5.41) is 31.0. The second kappa shape index (κ2) is 3.91. The molecule has 1 unspecified atom stereocenters. The summed E-state index contributed by atoms with van der Waals surface area (Å²) < 4.78 is 4.81. The summed E-state index contributed by atoms with van der Waals surface area (Å²) in [5.41, 5.74) is 8.11. The molecule has 0 spiro atoms. The minimum absolute atomic E-state index is 0.685. The van der Waals surface area contributed by atoms with Gasteiger partial charge in [0, 0.05) is 4.91 Å². The van der Waals surface area contributed by atoms with Crippen LogP contribution in [-0.4, -0.2) is 46.0 Å². The number of aliphatic hydroxyl groups excluding tert-OH is 3. The number of rotatable bonds is 1. The van der Waals surface area contributed by atoms with Gasteiger partial charge in [-0.15, -0.1) is 0 Å². The summed E-state index contributed by atoms with van der Waals surface area (Å²) in [4.78, 5) is 2.43. The highest BCUT2D eigenvalue weighted by molar-refractivity contribution is 4.91. The van der Waals surface area contributed by atoms with Crippen molar-refractivity contribution in [2.75, 3.05) is 0 Å². The molecule has 1 fully saturated rings. The topological polar surface area (TPSA) is 119 Å². The minimum Gasteiger partial charge on any atom is -0.390 e. The summed E-state index contributed by atoms with van der Waals surface area (Å²) in [6.45, 7) is 1.50. The highest BCUT2D eigenvalue weighted by Gasteiger charge is 2.41. The molecule has 1 rings (SSSR count). The Balaban J connectivity index is 2.78. The molecule has 5 atom stereocenters. The quantitative estimate of drug-likeness (QED) is 0.282. The van der Waals surface area contributed by atoms with Gasteiger partial charge in [0.15, 0.2) is 6.29 Å². The summed E-state index contributed by atoms with van der Waals surface area (Å²) in [6.07, 6.45) is -4.51. The fourth-order valence-electron chi connectivity index (χ4n) is 1.21. The molecule has 0 radical (unpaired) electrons. The van der Waals surface area contributed by atoms with Gasteiger partial charge in [0.25, 0.3) is 0 Å². The largest absolute Gasteiger partial charge is 0.390 e. The molecule has 1 aliphatic heterocycles. The van der Waals surface area contributed by atoms with Crippen LogP contribution in [0.1, 0.15) is 6.92 Å². The van der Waals surface area contributed by atoms with Crippen molar-refractivity contribution in [1.29, 1.82) is 0 Å². The van der Waals surface area contributed by atoms with Crippen molar-refractivity contribution < 1.29 is 20.1 Å². The van der Waals surface area contributed by atoms with Crippen molar-refractivity contribution in [2.24, 2.45) is 5.11 Å². The number of nitrogens with zero attached hydrogens (tertiary/aromatic N) is 3. The van der Waals surface area contributed by atoms with Crippen molar-refractivity contribution >= 4 is 0 Å². The maximum absolute atomic E-state index is 9.35. The number of hydrogen-bond donors (Lipinski definition) is 3. The first-order chi connectivity index (χ1) is 6.07. The fourth-order valence-corrected chi connectivity index (χ4v) is 1.21. The van der Waals surface area contributed by atoms with E-state index in [1.165, 1.54) is 6.92 Å². The van der Waals surface area contributed by atoms with E-state index in [0.717, 1.165) is 0 Å². The van der Waals surface area contributed by atoms with E-state index in [1.54, 1.807) is 0 Å². The van der Waals surface area contributed by atoms with Crippen LogP contribution < -0.4 is 0 Å². The van der Waals surface area contributed by atoms with Crippen molar-refractivity contribution in [3.8, 4) is 0 Å². The lowest BCUT2D eigenvalue weighted by Gasteiger charge is -2.37. The van der Waals surface area contributed by atoms with E-state index in [9.17, 15) is 15.3 Å². The van der Waals surface area contributed by atoms with Gasteiger partial charge in [0.1, 0.15) is 12.1 Å². The first-order valence-corrected chi connectivity index (χ1v) is 3.81. The number of aliphatic hydroxyl groups is 3. The number of ether oxygens (including phenoxy) is 1. The zero-order valence-electron chi connectivity index (χ0n) is 6.98. The highest BCUT2D eigenvalue weighted by Crippen LogP contribution is 2.21. The molecule has 0 saturated carbocycles. The lowest BCUT2D eigenvalue weighted by Crippen LogP contribution is -2.55. The molecular weight excluding hydrogens is 178 g/mol. The predicted octanol–water partition coefficient (Wildman–Crippen LogP) is -0.876. The van der Waals surface area contributed by atoms with E-state index in [1.807, 2.05) is 0 Å². The van der Waals surface area contributed by atoms with Gasteiger partial charge >= 0.3 is 0 Å². The van der Waals surface area contributed by atoms with Crippen molar-refractivity contribution in [3.63, 3.8) is 0 Å². The van der Waals surface area contributed by atoms with Crippen molar-refractivity contribution in [3.05, 3.63) is 10.4 Å². The van der Waals surface area contributed by atoms with Crippen LogP contribution in [0.4, 0.5) is 0 Å². The van der Waals surface area contributed by atoms with Crippen LogP contribution in [-0.2, 0) is 4.74 Å². The van der Waals surface area contributed by atoms with Gasteiger partial charge in [-0.2, -0.15) is 0 Å². The summed E-state index contributed by atoms with van der Waals surface area (Å²) in [5.74, 6) is 0. The van der Waals surface area contributed by atoms with Crippen LogP contribution in [0.2, 0.25) is 0 Å². The second-order valence-electron chi connectivity index (χ2n) is 2.91. The molecule has 0 bridgehead atoms. The van der Waals surface area contributed by atoms with E-state index in [0.29, 0.717) is 0 Å². The van der Waals surface area contributed by atoms with Crippen LogP contribution in [0.25, 0.3) is 10.4 Å². The molecule has 0 aromatic carbocycles. The molecule has 0 amide bonds. The maximum Gasteiger partial charge on any atom is 0.166 e. The lowest BCUT2D eigenvalue weighted by molar-refractivity contribution is -0.236. The van der Waals surface area contributed by atoms with Gasteiger partial charge < -0.3 is 20.1 Å². The monoisotopic (exact) mass is 189 g/mol. The van der Waals surface area contributed by atoms with E-state index < -0.39 is 30.6 Å². The molecule has 3 N–H and O–H groups in total. The molecule has 7 heteroatoms. The van der Waals surface area contributed by atoms with Gasteiger partial charge in [-0.1, -0.05) is 5.11 Å². The van der Waals surface area contributed by atoms with Gasteiger partial charge in [-0.3, -0.25) is 0 Å². The van der Waals surface area contributed by atoms with E-state index in [4.69, 9.17) is 10.3 Å². The Morgan fingerprint density at radius 3 is 2.46 bits per heavy atom. The zero-order chi connectivity index (χ0) is 10.0. The summed E-state index contributed by atoms with van der Waals surface area (Å²) >= 11 is 0. The minimum atomic E-state index is -1.37. The van der Waals surface area contributed by atoms with Crippen molar-refractivity contribution in [2.45, 2.75) is 37.6 Å². The molecule has 0 aromatic heterocycles. The average molecular weight is 189 g/mol. The van der Waals surface area contributed by atoms with Gasteiger partial charge in [0.05, 0.1) is 12.2 Å².